The lowest BCUT2D eigenvalue weighted by Gasteiger charge is -2.36. The number of carbonyl (C=O) groups is 3. The molecule has 1 aromatic carbocycles. The molecule has 1 unspecified atom stereocenters. The lowest BCUT2D eigenvalue weighted by molar-refractivity contribution is -0.138. The molecule has 0 saturated carbocycles. The third-order valence-corrected chi connectivity index (χ3v) is 4.77. The maximum Gasteiger partial charge on any atom is 0.249 e. The SMILES string of the molecule is C=CCNC(=O)CN1CCN(C(=O)C(NC(=O)CC(C)C)c2ccccc2)CC1. The average molecular weight is 401 g/mol. The Kier molecular flexibility index (Phi) is 8.86. The second-order valence-corrected chi connectivity index (χ2v) is 7.70. The van der Waals surface area contributed by atoms with Crippen LogP contribution in [0.15, 0.2) is 43.0 Å². The van der Waals surface area contributed by atoms with Crippen LogP contribution in [0.25, 0.3) is 0 Å². The summed E-state index contributed by atoms with van der Waals surface area (Å²) in [5, 5.41) is 5.67. The van der Waals surface area contributed by atoms with Gasteiger partial charge in [-0.3, -0.25) is 19.3 Å². The lowest BCUT2D eigenvalue weighted by atomic mass is 10.0. The van der Waals surface area contributed by atoms with Crippen LogP contribution in [0.5, 0.6) is 0 Å². The summed E-state index contributed by atoms with van der Waals surface area (Å²) < 4.78 is 0. The Bertz CT molecular complexity index is 697. The molecule has 2 N–H and O–H groups in total. The maximum atomic E-state index is 13.2. The van der Waals surface area contributed by atoms with Gasteiger partial charge in [0.2, 0.25) is 17.7 Å². The molecule has 1 atom stereocenters. The number of amides is 3. The van der Waals surface area contributed by atoms with Crippen molar-refractivity contribution in [1.29, 1.82) is 0 Å². The Balaban J connectivity index is 1.98. The predicted molar refractivity (Wildman–Crippen MR) is 113 cm³/mol. The van der Waals surface area contributed by atoms with Crippen molar-refractivity contribution in [2.45, 2.75) is 26.3 Å². The quantitative estimate of drug-likeness (QED) is 0.613. The minimum absolute atomic E-state index is 0.0483. The van der Waals surface area contributed by atoms with E-state index in [1.54, 1.807) is 11.0 Å². The monoisotopic (exact) mass is 400 g/mol. The Morgan fingerprint density at radius 1 is 1.07 bits per heavy atom. The smallest absolute Gasteiger partial charge is 0.249 e. The van der Waals surface area contributed by atoms with Crippen molar-refractivity contribution in [1.82, 2.24) is 20.4 Å². The first-order chi connectivity index (χ1) is 13.9. The molecule has 1 saturated heterocycles. The molecule has 29 heavy (non-hydrogen) atoms. The average Bonchev–Trinajstić information content (AvgIpc) is 2.70. The third-order valence-electron chi connectivity index (χ3n) is 4.77. The predicted octanol–water partition coefficient (Wildman–Crippen LogP) is 1.34. The largest absolute Gasteiger partial charge is 0.352 e. The van der Waals surface area contributed by atoms with Gasteiger partial charge in [-0.1, -0.05) is 50.3 Å². The van der Waals surface area contributed by atoms with E-state index >= 15 is 0 Å². The molecular formula is C22H32N4O3. The molecule has 7 nitrogen and oxygen atoms in total. The highest BCUT2D eigenvalue weighted by Crippen LogP contribution is 2.18. The number of rotatable bonds is 9. The van der Waals surface area contributed by atoms with Crippen molar-refractivity contribution in [3.63, 3.8) is 0 Å². The summed E-state index contributed by atoms with van der Waals surface area (Å²) in [7, 11) is 0. The topological polar surface area (TPSA) is 81.8 Å². The first-order valence-electron chi connectivity index (χ1n) is 10.1. The van der Waals surface area contributed by atoms with Gasteiger partial charge in [0.25, 0.3) is 0 Å². The summed E-state index contributed by atoms with van der Waals surface area (Å²) in [5.41, 5.74) is 0.779. The van der Waals surface area contributed by atoms with Crippen molar-refractivity contribution < 1.29 is 14.4 Å². The summed E-state index contributed by atoms with van der Waals surface area (Å²) in [6.45, 7) is 10.6. The van der Waals surface area contributed by atoms with E-state index < -0.39 is 6.04 Å². The van der Waals surface area contributed by atoms with Gasteiger partial charge in [0, 0.05) is 39.1 Å². The van der Waals surface area contributed by atoms with Crippen molar-refractivity contribution >= 4 is 17.7 Å². The number of benzene rings is 1. The number of nitrogens with one attached hydrogen (secondary N) is 2. The van der Waals surface area contributed by atoms with Gasteiger partial charge >= 0.3 is 0 Å². The Morgan fingerprint density at radius 2 is 1.72 bits per heavy atom. The van der Waals surface area contributed by atoms with Crippen LogP contribution >= 0.6 is 0 Å². The fourth-order valence-electron chi connectivity index (χ4n) is 3.28. The van der Waals surface area contributed by atoms with E-state index in [2.05, 4.69) is 17.2 Å². The van der Waals surface area contributed by atoms with Crippen LogP contribution < -0.4 is 10.6 Å². The van der Waals surface area contributed by atoms with Gasteiger partial charge in [0.05, 0.1) is 6.54 Å². The zero-order chi connectivity index (χ0) is 21.2. The molecule has 0 radical (unpaired) electrons. The van der Waals surface area contributed by atoms with Crippen molar-refractivity contribution in [2.75, 3.05) is 39.3 Å². The minimum atomic E-state index is -0.690. The Labute approximate surface area is 173 Å². The summed E-state index contributed by atoms with van der Waals surface area (Å²) >= 11 is 0. The van der Waals surface area contributed by atoms with Crippen LogP contribution in [0, 0.1) is 5.92 Å². The van der Waals surface area contributed by atoms with Crippen molar-refractivity contribution in [3.8, 4) is 0 Å². The van der Waals surface area contributed by atoms with Crippen LogP contribution in [-0.4, -0.2) is 66.8 Å². The number of hydrogen-bond donors (Lipinski definition) is 2. The van der Waals surface area contributed by atoms with Crippen molar-refractivity contribution in [2.24, 2.45) is 5.92 Å². The van der Waals surface area contributed by atoms with Gasteiger partial charge < -0.3 is 15.5 Å². The molecule has 7 heteroatoms. The standard InChI is InChI=1S/C22H32N4O3/c1-4-10-23-20(28)16-25-11-13-26(14-12-25)22(29)21(18-8-6-5-7-9-18)24-19(27)15-17(2)3/h4-9,17,21H,1,10-16H2,2-3H3,(H,23,28)(H,24,27). The fourth-order valence-corrected chi connectivity index (χ4v) is 3.28. The highest BCUT2D eigenvalue weighted by Gasteiger charge is 2.30. The number of nitrogens with zero attached hydrogens (tertiary/aromatic N) is 2. The molecule has 1 aliphatic heterocycles. The van der Waals surface area contributed by atoms with E-state index in [0.29, 0.717) is 45.7 Å². The summed E-state index contributed by atoms with van der Waals surface area (Å²) in [6.07, 6.45) is 2.02. The van der Waals surface area contributed by atoms with E-state index in [4.69, 9.17) is 0 Å². The molecule has 0 bridgehead atoms. The zero-order valence-electron chi connectivity index (χ0n) is 17.4. The van der Waals surface area contributed by atoms with Crippen LogP contribution in [0.4, 0.5) is 0 Å². The highest BCUT2D eigenvalue weighted by atomic mass is 16.2. The van der Waals surface area contributed by atoms with Crippen LogP contribution in [0.3, 0.4) is 0 Å². The molecule has 1 aliphatic rings. The second kappa shape index (κ2) is 11.4. The molecular weight excluding hydrogens is 368 g/mol. The van der Waals surface area contributed by atoms with Crippen LogP contribution in [0.1, 0.15) is 31.9 Å². The molecule has 158 valence electrons. The molecule has 1 aromatic rings. The Morgan fingerprint density at radius 3 is 2.31 bits per heavy atom. The van der Waals surface area contributed by atoms with E-state index in [9.17, 15) is 14.4 Å². The van der Waals surface area contributed by atoms with Gasteiger partial charge in [-0.2, -0.15) is 0 Å². The maximum absolute atomic E-state index is 13.2. The van der Waals surface area contributed by atoms with E-state index in [-0.39, 0.29) is 23.6 Å². The van der Waals surface area contributed by atoms with E-state index in [1.165, 1.54) is 0 Å². The minimum Gasteiger partial charge on any atom is -0.352 e. The second-order valence-electron chi connectivity index (χ2n) is 7.70. The first kappa shape index (κ1) is 22.6. The first-order valence-corrected chi connectivity index (χ1v) is 10.1. The van der Waals surface area contributed by atoms with E-state index in [1.807, 2.05) is 49.1 Å². The number of carbonyl (C=O) groups excluding carboxylic acids is 3. The summed E-state index contributed by atoms with van der Waals surface area (Å²) in [6, 6.07) is 8.65. The molecule has 1 fully saturated rings. The highest BCUT2D eigenvalue weighted by molar-refractivity contribution is 5.89. The van der Waals surface area contributed by atoms with Gasteiger partial charge in [-0.25, -0.2) is 0 Å². The summed E-state index contributed by atoms with van der Waals surface area (Å²) in [5.74, 6) is -0.0612. The Hall–Kier alpha value is -2.67. The lowest BCUT2D eigenvalue weighted by Crippen LogP contribution is -2.53. The van der Waals surface area contributed by atoms with Gasteiger partial charge in [-0.15, -0.1) is 6.58 Å². The third kappa shape index (κ3) is 7.34. The molecule has 3 amide bonds. The molecule has 1 heterocycles. The normalized spacial score (nSPS) is 15.6. The van der Waals surface area contributed by atoms with E-state index in [0.717, 1.165) is 5.56 Å². The zero-order valence-corrected chi connectivity index (χ0v) is 17.4. The van der Waals surface area contributed by atoms with Gasteiger partial charge in [0.1, 0.15) is 6.04 Å². The molecule has 2 rings (SSSR count). The van der Waals surface area contributed by atoms with Gasteiger partial charge in [-0.05, 0) is 11.5 Å². The van der Waals surface area contributed by atoms with Crippen molar-refractivity contribution in [3.05, 3.63) is 48.6 Å². The molecule has 0 aliphatic carbocycles. The number of hydrogen-bond acceptors (Lipinski definition) is 4. The molecule has 0 aromatic heterocycles. The van der Waals surface area contributed by atoms with Crippen LogP contribution in [-0.2, 0) is 14.4 Å². The molecule has 0 spiro atoms. The van der Waals surface area contributed by atoms with Gasteiger partial charge in [0.15, 0.2) is 0 Å². The fraction of sp³-hybridized carbons (Fsp3) is 0.500. The number of piperazine rings is 1. The van der Waals surface area contributed by atoms with Crippen LogP contribution in [0.2, 0.25) is 0 Å². The summed E-state index contributed by atoms with van der Waals surface area (Å²) in [4.78, 5) is 41.2.